The molecule has 4 aromatic rings. The molecule has 1 aromatic carbocycles. The molecule has 0 radical (unpaired) electrons. The van der Waals surface area contributed by atoms with E-state index in [1.807, 2.05) is 37.3 Å². The number of nitrogens with two attached hydrogens (primary N) is 1. The quantitative estimate of drug-likeness (QED) is 0.473. The second-order valence-corrected chi connectivity index (χ2v) is 7.10. The third-order valence-electron chi connectivity index (χ3n) is 4.66. The molecule has 9 nitrogen and oxygen atoms in total. The minimum Gasteiger partial charge on any atom is -0.368 e. The van der Waals surface area contributed by atoms with E-state index in [1.54, 1.807) is 6.07 Å². The van der Waals surface area contributed by atoms with Crippen molar-refractivity contribution in [3.63, 3.8) is 0 Å². The van der Waals surface area contributed by atoms with Crippen LogP contribution in [0.25, 0.3) is 11.3 Å². The Balaban J connectivity index is 1.90. The number of imidazole rings is 1. The lowest BCUT2D eigenvalue weighted by molar-refractivity contribution is 0.101. The number of nitrogen functional groups attached to an aromatic ring is 1. The largest absolute Gasteiger partial charge is 0.368 e. The number of hydrogen-bond donors (Lipinski definition) is 2. The molecule has 0 spiro atoms. The Labute approximate surface area is 176 Å². The van der Waals surface area contributed by atoms with Gasteiger partial charge < -0.3 is 11.1 Å². The van der Waals surface area contributed by atoms with E-state index in [1.165, 1.54) is 28.3 Å². The molecule has 0 amide bonds. The van der Waals surface area contributed by atoms with Crippen molar-refractivity contribution in [2.24, 2.45) is 0 Å². The van der Waals surface area contributed by atoms with Gasteiger partial charge in [-0.15, -0.1) is 0 Å². The topological polar surface area (TPSA) is 120 Å². The molecule has 30 heavy (non-hydrogen) atoms. The van der Waals surface area contributed by atoms with E-state index >= 15 is 0 Å². The van der Waals surface area contributed by atoms with Gasteiger partial charge in [-0.25, -0.2) is 19.2 Å². The first-order chi connectivity index (χ1) is 14.4. The average Bonchev–Trinajstić information content (AvgIpc) is 3.09. The van der Waals surface area contributed by atoms with E-state index in [0.717, 1.165) is 0 Å². The van der Waals surface area contributed by atoms with Gasteiger partial charge in [0, 0.05) is 12.3 Å². The fourth-order valence-electron chi connectivity index (χ4n) is 3.24. The number of para-hydroxylation sites is 1. The highest BCUT2D eigenvalue weighted by Gasteiger charge is 2.20. The molecule has 0 saturated heterocycles. The molecular formula is C20H18ClN7O2. The Morgan fingerprint density at radius 3 is 2.63 bits per heavy atom. The van der Waals surface area contributed by atoms with Gasteiger partial charge in [-0.05, 0) is 26.0 Å². The molecule has 152 valence electrons. The van der Waals surface area contributed by atoms with Crippen LogP contribution in [0.2, 0.25) is 5.15 Å². The van der Waals surface area contributed by atoms with Crippen molar-refractivity contribution in [1.82, 2.24) is 23.9 Å². The summed E-state index contributed by atoms with van der Waals surface area (Å²) in [6, 6.07) is 10.5. The molecular weight excluding hydrogens is 406 g/mol. The van der Waals surface area contributed by atoms with Gasteiger partial charge in [-0.2, -0.15) is 4.98 Å². The highest BCUT2D eigenvalue weighted by atomic mass is 35.5. The van der Waals surface area contributed by atoms with Crippen LogP contribution in [0.1, 0.15) is 35.9 Å². The van der Waals surface area contributed by atoms with Crippen molar-refractivity contribution in [3.8, 4) is 5.69 Å². The minimum atomic E-state index is -0.439. The number of carbonyl (C=O) groups excluding carboxylic acids is 1. The summed E-state index contributed by atoms with van der Waals surface area (Å²) in [7, 11) is 0. The molecule has 4 rings (SSSR count). The third kappa shape index (κ3) is 3.39. The molecule has 10 heteroatoms. The van der Waals surface area contributed by atoms with Gasteiger partial charge in [-0.1, -0.05) is 29.8 Å². The lowest BCUT2D eigenvalue weighted by atomic mass is 10.1. The molecule has 0 saturated carbocycles. The second kappa shape index (κ2) is 7.60. The zero-order valence-corrected chi connectivity index (χ0v) is 17.0. The molecule has 3 aromatic heterocycles. The Morgan fingerprint density at radius 1 is 1.20 bits per heavy atom. The van der Waals surface area contributed by atoms with E-state index < -0.39 is 6.04 Å². The van der Waals surface area contributed by atoms with Crippen LogP contribution in [0.5, 0.6) is 0 Å². The van der Waals surface area contributed by atoms with E-state index in [9.17, 15) is 9.59 Å². The smallest absolute Gasteiger partial charge is 0.339 e. The standard InChI is InChI=1S/C20H18ClN7O2/c1-11(25-18-14(12(2)29)9-24-19(22)26-18)15-8-17-23-10-16(21)28(17)20(30)27(15)13-6-4-3-5-7-13/h3-11H,1-2H3,(H3,22,24,25,26)/t11-/m0/s1. The molecule has 0 aliphatic carbocycles. The molecule has 3 N–H and O–H groups in total. The van der Waals surface area contributed by atoms with E-state index in [4.69, 9.17) is 17.3 Å². The van der Waals surface area contributed by atoms with Gasteiger partial charge >= 0.3 is 5.69 Å². The summed E-state index contributed by atoms with van der Waals surface area (Å²) in [6.45, 7) is 3.26. The van der Waals surface area contributed by atoms with Crippen molar-refractivity contribution >= 4 is 34.8 Å². The molecule has 0 bridgehead atoms. The van der Waals surface area contributed by atoms with Crippen LogP contribution in [0.3, 0.4) is 0 Å². The van der Waals surface area contributed by atoms with Crippen LogP contribution in [-0.4, -0.2) is 29.7 Å². The zero-order chi connectivity index (χ0) is 21.4. The maximum absolute atomic E-state index is 13.3. The Morgan fingerprint density at radius 2 is 1.93 bits per heavy atom. The van der Waals surface area contributed by atoms with Gasteiger partial charge in [0.2, 0.25) is 5.95 Å². The highest BCUT2D eigenvalue weighted by molar-refractivity contribution is 6.29. The SMILES string of the molecule is CC(=O)c1cnc(N)nc1N[C@@H](C)c1cc2ncc(Cl)n2c(=O)n1-c1ccccc1. The number of halogens is 1. The van der Waals surface area contributed by atoms with Gasteiger partial charge in [0.25, 0.3) is 0 Å². The Hall–Kier alpha value is -3.72. The number of carbonyl (C=O) groups is 1. The van der Waals surface area contributed by atoms with Gasteiger partial charge in [0.05, 0.1) is 29.2 Å². The molecule has 0 fully saturated rings. The fraction of sp³-hybridized carbons (Fsp3) is 0.150. The van der Waals surface area contributed by atoms with Crippen molar-refractivity contribution in [3.05, 3.63) is 75.7 Å². The second-order valence-electron chi connectivity index (χ2n) is 6.71. The summed E-state index contributed by atoms with van der Waals surface area (Å²) in [6.07, 6.45) is 2.80. The minimum absolute atomic E-state index is 0.0330. The summed E-state index contributed by atoms with van der Waals surface area (Å²) in [5, 5.41) is 3.39. The lowest BCUT2D eigenvalue weighted by Crippen LogP contribution is -2.30. The number of benzene rings is 1. The number of nitrogens with zero attached hydrogens (tertiary/aromatic N) is 5. The maximum atomic E-state index is 13.3. The predicted molar refractivity (Wildman–Crippen MR) is 114 cm³/mol. The molecule has 0 unspecified atom stereocenters. The molecule has 3 heterocycles. The van der Waals surface area contributed by atoms with E-state index in [0.29, 0.717) is 22.6 Å². The van der Waals surface area contributed by atoms with Gasteiger partial charge in [0.15, 0.2) is 5.78 Å². The summed E-state index contributed by atoms with van der Waals surface area (Å²) in [5.74, 6) is 0.113. The summed E-state index contributed by atoms with van der Waals surface area (Å²) >= 11 is 6.18. The van der Waals surface area contributed by atoms with Crippen molar-refractivity contribution < 1.29 is 4.79 Å². The monoisotopic (exact) mass is 423 g/mol. The zero-order valence-electron chi connectivity index (χ0n) is 16.2. The number of rotatable bonds is 5. The number of anilines is 2. The Kier molecular flexibility index (Phi) is 4.96. The predicted octanol–water partition coefficient (Wildman–Crippen LogP) is 2.89. The van der Waals surface area contributed by atoms with Crippen LogP contribution in [0.15, 0.2) is 53.6 Å². The van der Waals surface area contributed by atoms with Crippen LogP contribution in [-0.2, 0) is 0 Å². The van der Waals surface area contributed by atoms with Crippen LogP contribution in [0, 0.1) is 0 Å². The lowest BCUT2D eigenvalue weighted by Gasteiger charge is -2.21. The van der Waals surface area contributed by atoms with Gasteiger partial charge in [-0.3, -0.25) is 9.36 Å². The van der Waals surface area contributed by atoms with Gasteiger partial charge in [0.1, 0.15) is 16.6 Å². The highest BCUT2D eigenvalue weighted by Crippen LogP contribution is 2.24. The van der Waals surface area contributed by atoms with Crippen LogP contribution < -0.4 is 16.7 Å². The first kappa shape index (κ1) is 19.6. The maximum Gasteiger partial charge on any atom is 0.339 e. The molecule has 1 atom stereocenters. The number of aromatic nitrogens is 5. The first-order valence-corrected chi connectivity index (χ1v) is 9.49. The molecule has 0 aliphatic heterocycles. The number of fused-ring (bicyclic) bond motifs is 1. The fourth-order valence-corrected chi connectivity index (χ4v) is 3.45. The summed E-state index contributed by atoms with van der Waals surface area (Å²) in [5.41, 5.74) is 7.32. The van der Waals surface area contributed by atoms with Crippen molar-refractivity contribution in [1.29, 1.82) is 0 Å². The number of hydrogen-bond acceptors (Lipinski definition) is 7. The summed E-state index contributed by atoms with van der Waals surface area (Å²) < 4.78 is 2.87. The first-order valence-electron chi connectivity index (χ1n) is 9.11. The normalized spacial score (nSPS) is 12.1. The summed E-state index contributed by atoms with van der Waals surface area (Å²) in [4.78, 5) is 37.5. The molecule has 0 aliphatic rings. The van der Waals surface area contributed by atoms with E-state index in [2.05, 4.69) is 20.3 Å². The third-order valence-corrected chi connectivity index (χ3v) is 4.93. The number of Topliss-reactive ketones (excluding diaryl/α,β-unsaturated/α-hetero) is 1. The van der Waals surface area contributed by atoms with Crippen LogP contribution >= 0.6 is 11.6 Å². The number of nitrogens with one attached hydrogen (secondary N) is 1. The number of ketones is 1. The van der Waals surface area contributed by atoms with E-state index in [-0.39, 0.29) is 28.4 Å². The Bertz CT molecular complexity index is 1310. The average molecular weight is 424 g/mol. The van der Waals surface area contributed by atoms with Crippen molar-refractivity contribution in [2.75, 3.05) is 11.1 Å². The van der Waals surface area contributed by atoms with Crippen LogP contribution in [0.4, 0.5) is 11.8 Å². The van der Waals surface area contributed by atoms with Crippen molar-refractivity contribution in [2.45, 2.75) is 19.9 Å².